The van der Waals surface area contributed by atoms with Gasteiger partial charge in [-0.15, -0.1) is 0 Å². The van der Waals surface area contributed by atoms with Gasteiger partial charge < -0.3 is 9.67 Å². The highest BCUT2D eigenvalue weighted by Gasteiger charge is 2.09. The summed E-state index contributed by atoms with van der Waals surface area (Å²) in [5.41, 5.74) is -0.181. The third-order valence-electron chi connectivity index (χ3n) is 2.43. The maximum Gasteiger partial charge on any atom is 0.352 e. The quantitative estimate of drug-likeness (QED) is 0.830. The first-order valence-electron chi connectivity index (χ1n) is 5.45. The Morgan fingerprint density at radius 2 is 2.12 bits per heavy atom. The minimum atomic E-state index is -1.05. The fraction of sp³-hybridized carbons (Fsp3) is 0.500. The second-order valence-electron chi connectivity index (χ2n) is 4.24. The van der Waals surface area contributed by atoms with E-state index in [1.807, 2.05) is 0 Å². The van der Waals surface area contributed by atoms with E-state index >= 15 is 0 Å². The normalized spacial score (nSPS) is 10.7. The van der Waals surface area contributed by atoms with E-state index in [1.54, 1.807) is 0 Å². The van der Waals surface area contributed by atoms with Crippen LogP contribution in [-0.4, -0.2) is 15.6 Å². The monoisotopic (exact) mass is 223 g/mol. The number of nitrogens with zero attached hydrogens (tertiary/aromatic N) is 1. The lowest BCUT2D eigenvalue weighted by Gasteiger charge is -2.10. The number of carboxylic acid groups (broad SMARTS) is 1. The topological polar surface area (TPSA) is 59.3 Å². The molecule has 0 spiro atoms. The molecule has 4 heteroatoms. The van der Waals surface area contributed by atoms with Crippen molar-refractivity contribution in [3.8, 4) is 0 Å². The number of pyridine rings is 1. The molecule has 16 heavy (non-hydrogen) atoms. The van der Waals surface area contributed by atoms with Gasteiger partial charge in [0.1, 0.15) is 5.69 Å². The maximum atomic E-state index is 11.5. The Labute approximate surface area is 94.5 Å². The van der Waals surface area contributed by atoms with Gasteiger partial charge in [-0.05, 0) is 24.8 Å². The zero-order chi connectivity index (χ0) is 12.1. The van der Waals surface area contributed by atoms with Crippen LogP contribution in [0.3, 0.4) is 0 Å². The van der Waals surface area contributed by atoms with Crippen LogP contribution in [-0.2, 0) is 6.54 Å². The first-order chi connectivity index (χ1) is 7.52. The molecule has 0 saturated carbocycles. The summed E-state index contributed by atoms with van der Waals surface area (Å²) in [6, 6.07) is 4.33. The molecule has 0 amide bonds. The van der Waals surface area contributed by atoms with Crippen LogP contribution in [0.2, 0.25) is 0 Å². The summed E-state index contributed by atoms with van der Waals surface area (Å²) in [6.45, 7) is 4.68. The molecule has 0 aliphatic heterocycles. The molecule has 1 N–H and O–H groups in total. The molecule has 1 heterocycles. The lowest BCUT2D eigenvalue weighted by molar-refractivity contribution is 0.0683. The van der Waals surface area contributed by atoms with Crippen LogP contribution in [0.1, 0.15) is 37.2 Å². The van der Waals surface area contributed by atoms with Crippen LogP contribution in [0.4, 0.5) is 0 Å². The van der Waals surface area contributed by atoms with Crippen molar-refractivity contribution in [1.29, 1.82) is 0 Å². The van der Waals surface area contributed by atoms with Crippen LogP contribution in [0.25, 0.3) is 0 Å². The number of hydrogen-bond donors (Lipinski definition) is 1. The highest BCUT2D eigenvalue weighted by molar-refractivity contribution is 5.85. The SMILES string of the molecule is CC(C)CCCn1c(C(=O)O)cccc1=O. The van der Waals surface area contributed by atoms with E-state index in [4.69, 9.17) is 5.11 Å². The summed E-state index contributed by atoms with van der Waals surface area (Å²) >= 11 is 0. The molecule has 0 atom stereocenters. The van der Waals surface area contributed by atoms with Crippen molar-refractivity contribution >= 4 is 5.97 Å². The molecule has 0 aromatic carbocycles. The zero-order valence-electron chi connectivity index (χ0n) is 9.64. The smallest absolute Gasteiger partial charge is 0.352 e. The van der Waals surface area contributed by atoms with Crippen molar-refractivity contribution in [2.75, 3.05) is 0 Å². The van der Waals surface area contributed by atoms with Gasteiger partial charge in [0.15, 0.2) is 0 Å². The van der Waals surface area contributed by atoms with E-state index in [2.05, 4.69) is 13.8 Å². The molecular weight excluding hydrogens is 206 g/mol. The average Bonchev–Trinajstić information content (AvgIpc) is 2.19. The second-order valence-corrected chi connectivity index (χ2v) is 4.24. The minimum absolute atomic E-state index is 0.0660. The van der Waals surface area contributed by atoms with E-state index in [1.165, 1.54) is 22.8 Å². The number of carboxylic acids is 1. The maximum absolute atomic E-state index is 11.5. The Morgan fingerprint density at radius 3 is 2.69 bits per heavy atom. The second kappa shape index (κ2) is 5.49. The van der Waals surface area contributed by atoms with Gasteiger partial charge in [-0.25, -0.2) is 4.79 Å². The van der Waals surface area contributed by atoms with Gasteiger partial charge in [-0.1, -0.05) is 19.9 Å². The summed E-state index contributed by atoms with van der Waals surface area (Å²) in [7, 11) is 0. The van der Waals surface area contributed by atoms with Crippen LogP contribution in [0, 0.1) is 5.92 Å². The average molecular weight is 223 g/mol. The summed E-state index contributed by atoms with van der Waals surface area (Å²) < 4.78 is 1.32. The van der Waals surface area contributed by atoms with Gasteiger partial charge in [0.2, 0.25) is 0 Å². The van der Waals surface area contributed by atoms with Gasteiger partial charge in [-0.3, -0.25) is 4.79 Å². The molecule has 0 aliphatic rings. The van der Waals surface area contributed by atoms with Gasteiger partial charge >= 0.3 is 5.97 Å². The van der Waals surface area contributed by atoms with Crippen molar-refractivity contribution in [2.45, 2.75) is 33.2 Å². The lowest BCUT2D eigenvalue weighted by Crippen LogP contribution is -2.25. The summed E-state index contributed by atoms with van der Waals surface area (Å²) in [5.74, 6) is -0.491. The summed E-state index contributed by atoms with van der Waals surface area (Å²) in [5, 5.41) is 8.94. The Kier molecular flexibility index (Phi) is 4.28. The van der Waals surface area contributed by atoms with Gasteiger partial charge in [-0.2, -0.15) is 0 Å². The molecule has 88 valence electrons. The number of carbonyl (C=O) groups is 1. The summed E-state index contributed by atoms with van der Waals surface area (Å²) in [4.78, 5) is 22.4. The first-order valence-corrected chi connectivity index (χ1v) is 5.45. The Hall–Kier alpha value is -1.58. The lowest BCUT2D eigenvalue weighted by atomic mass is 10.1. The number of aromatic nitrogens is 1. The van der Waals surface area contributed by atoms with Gasteiger partial charge in [0, 0.05) is 12.6 Å². The van der Waals surface area contributed by atoms with Gasteiger partial charge in [0.05, 0.1) is 0 Å². The Balaban J connectivity index is 2.85. The highest BCUT2D eigenvalue weighted by atomic mass is 16.4. The third kappa shape index (κ3) is 3.22. The first kappa shape index (κ1) is 12.5. The molecule has 0 radical (unpaired) electrons. The van der Waals surface area contributed by atoms with E-state index in [0.29, 0.717) is 12.5 Å². The van der Waals surface area contributed by atoms with E-state index < -0.39 is 5.97 Å². The molecule has 0 aliphatic carbocycles. The third-order valence-corrected chi connectivity index (χ3v) is 2.43. The van der Waals surface area contributed by atoms with E-state index in [9.17, 15) is 9.59 Å². The molecule has 4 nitrogen and oxygen atoms in total. The van der Waals surface area contributed by atoms with Crippen molar-refractivity contribution in [1.82, 2.24) is 4.57 Å². The van der Waals surface area contributed by atoms with Crippen molar-refractivity contribution < 1.29 is 9.90 Å². The largest absolute Gasteiger partial charge is 0.477 e. The predicted octanol–water partition coefficient (Wildman–Crippen LogP) is 1.98. The van der Waals surface area contributed by atoms with Crippen LogP contribution >= 0.6 is 0 Å². The molecular formula is C12H17NO3. The van der Waals surface area contributed by atoms with Crippen LogP contribution in [0.5, 0.6) is 0 Å². The molecule has 0 bridgehead atoms. The molecule has 0 unspecified atom stereocenters. The van der Waals surface area contributed by atoms with Crippen molar-refractivity contribution in [2.24, 2.45) is 5.92 Å². The summed E-state index contributed by atoms with van der Waals surface area (Å²) in [6.07, 6.45) is 1.81. The number of rotatable bonds is 5. The van der Waals surface area contributed by atoms with E-state index in [0.717, 1.165) is 12.8 Å². The predicted molar refractivity (Wildman–Crippen MR) is 61.7 cm³/mol. The highest BCUT2D eigenvalue weighted by Crippen LogP contribution is 2.06. The van der Waals surface area contributed by atoms with Crippen LogP contribution < -0.4 is 5.56 Å². The Morgan fingerprint density at radius 1 is 1.44 bits per heavy atom. The zero-order valence-corrected chi connectivity index (χ0v) is 9.64. The molecule has 1 aromatic rings. The fourth-order valence-corrected chi connectivity index (χ4v) is 1.60. The standard InChI is InChI=1S/C12H17NO3/c1-9(2)5-4-8-13-10(12(15)16)6-3-7-11(13)14/h3,6-7,9H,4-5,8H2,1-2H3,(H,15,16). The van der Waals surface area contributed by atoms with E-state index in [-0.39, 0.29) is 11.3 Å². The van der Waals surface area contributed by atoms with Gasteiger partial charge in [0.25, 0.3) is 5.56 Å². The molecule has 0 fully saturated rings. The van der Waals surface area contributed by atoms with Crippen LogP contribution in [0.15, 0.2) is 23.0 Å². The van der Waals surface area contributed by atoms with Crippen molar-refractivity contribution in [3.05, 3.63) is 34.2 Å². The number of aromatic carboxylic acids is 1. The molecule has 0 saturated heterocycles. The Bertz CT molecular complexity index is 421. The minimum Gasteiger partial charge on any atom is -0.477 e. The molecule has 1 rings (SSSR count). The fourth-order valence-electron chi connectivity index (χ4n) is 1.60. The van der Waals surface area contributed by atoms with Crippen molar-refractivity contribution in [3.63, 3.8) is 0 Å². The number of hydrogen-bond acceptors (Lipinski definition) is 2. The molecule has 1 aromatic heterocycles.